The monoisotopic (exact) mass is 245 g/mol. The molecule has 18 heavy (non-hydrogen) atoms. The molecule has 1 N–H and O–H groups in total. The van der Waals surface area contributed by atoms with Crippen LogP contribution in [0.5, 0.6) is 0 Å². The van der Waals surface area contributed by atoms with Crippen LogP contribution in [-0.4, -0.2) is 16.1 Å². The highest BCUT2D eigenvalue weighted by Gasteiger charge is 2.41. The molecule has 2 aliphatic rings. The smallest absolute Gasteiger partial charge is 0.203 e. The third-order valence-electron chi connectivity index (χ3n) is 4.17. The quantitative estimate of drug-likeness (QED) is 0.747. The van der Waals surface area contributed by atoms with Crippen LogP contribution in [0.25, 0.3) is 0 Å². The van der Waals surface area contributed by atoms with Gasteiger partial charge in [0.1, 0.15) is 0 Å². The van der Waals surface area contributed by atoms with Crippen LogP contribution in [0.2, 0.25) is 0 Å². The van der Waals surface area contributed by atoms with E-state index < -0.39 is 0 Å². The molecule has 0 unspecified atom stereocenters. The maximum atomic E-state index is 4.56. The minimum absolute atomic E-state index is 0.834. The Morgan fingerprint density at radius 1 is 1.44 bits per heavy atom. The largest absolute Gasteiger partial charge is 0.355 e. The zero-order valence-electron chi connectivity index (χ0n) is 11.2. The van der Waals surface area contributed by atoms with Crippen LogP contribution in [-0.2, 0) is 6.54 Å². The van der Waals surface area contributed by atoms with Crippen molar-refractivity contribution in [3.63, 3.8) is 0 Å². The molecular weight excluding hydrogens is 222 g/mol. The molecule has 2 fully saturated rings. The lowest BCUT2D eigenvalue weighted by molar-refractivity contribution is 0.426. The normalized spacial score (nSPS) is 19.2. The fourth-order valence-corrected chi connectivity index (χ4v) is 2.94. The minimum atomic E-state index is 0.834. The third kappa shape index (κ3) is 2.60. The predicted octanol–water partition coefficient (Wildman–Crippen LogP) is 3.23. The Hall–Kier alpha value is -1.25. The standard InChI is InChI=1S/C15H23N3/c1-3-8-18-10-11(2)17-15(18)16-9-14(12-4-5-12)13-6-7-13/h3,10,12-14H,1,4-9H2,2H3,(H,16,17). The number of rotatable bonds is 7. The molecule has 0 aromatic carbocycles. The van der Waals surface area contributed by atoms with Crippen molar-refractivity contribution in [2.75, 3.05) is 11.9 Å². The lowest BCUT2D eigenvalue weighted by Gasteiger charge is -2.17. The number of nitrogens with zero attached hydrogens (tertiary/aromatic N) is 2. The van der Waals surface area contributed by atoms with Crippen molar-refractivity contribution in [1.29, 1.82) is 0 Å². The number of hydrogen-bond donors (Lipinski definition) is 1. The molecule has 0 bridgehead atoms. The summed E-state index contributed by atoms with van der Waals surface area (Å²) in [6.07, 6.45) is 9.80. The van der Waals surface area contributed by atoms with Crippen molar-refractivity contribution in [2.45, 2.75) is 39.2 Å². The molecule has 3 nitrogen and oxygen atoms in total. The van der Waals surface area contributed by atoms with Crippen molar-refractivity contribution < 1.29 is 0 Å². The maximum Gasteiger partial charge on any atom is 0.203 e. The fourth-order valence-electron chi connectivity index (χ4n) is 2.94. The first-order valence-electron chi connectivity index (χ1n) is 7.16. The van der Waals surface area contributed by atoms with E-state index in [4.69, 9.17) is 0 Å². The third-order valence-corrected chi connectivity index (χ3v) is 4.17. The van der Waals surface area contributed by atoms with E-state index in [1.807, 2.05) is 13.0 Å². The van der Waals surface area contributed by atoms with Crippen LogP contribution in [0.3, 0.4) is 0 Å². The Morgan fingerprint density at radius 3 is 2.67 bits per heavy atom. The number of anilines is 1. The summed E-state index contributed by atoms with van der Waals surface area (Å²) in [5.41, 5.74) is 1.08. The van der Waals surface area contributed by atoms with E-state index in [-0.39, 0.29) is 0 Å². The number of imidazole rings is 1. The molecule has 0 radical (unpaired) electrons. The van der Waals surface area contributed by atoms with Gasteiger partial charge in [-0.3, -0.25) is 0 Å². The van der Waals surface area contributed by atoms with E-state index in [2.05, 4.69) is 27.6 Å². The molecule has 0 spiro atoms. The summed E-state index contributed by atoms with van der Waals surface area (Å²) in [5, 5.41) is 3.57. The molecule has 3 rings (SSSR count). The van der Waals surface area contributed by atoms with Gasteiger partial charge in [-0.2, -0.15) is 0 Å². The molecule has 3 heteroatoms. The maximum absolute atomic E-state index is 4.56. The van der Waals surface area contributed by atoms with Gasteiger partial charge in [0, 0.05) is 19.3 Å². The number of allylic oxidation sites excluding steroid dienone is 1. The van der Waals surface area contributed by atoms with Crippen molar-refractivity contribution in [2.24, 2.45) is 17.8 Å². The summed E-state index contributed by atoms with van der Waals surface area (Å²) in [6, 6.07) is 0. The summed E-state index contributed by atoms with van der Waals surface area (Å²) in [7, 11) is 0. The van der Waals surface area contributed by atoms with Crippen LogP contribution < -0.4 is 5.32 Å². The van der Waals surface area contributed by atoms with Crippen molar-refractivity contribution >= 4 is 5.95 Å². The first-order valence-corrected chi connectivity index (χ1v) is 7.16. The van der Waals surface area contributed by atoms with Crippen LogP contribution in [0.1, 0.15) is 31.4 Å². The van der Waals surface area contributed by atoms with Crippen molar-refractivity contribution in [1.82, 2.24) is 9.55 Å². The van der Waals surface area contributed by atoms with Crippen LogP contribution in [0.4, 0.5) is 5.95 Å². The summed E-state index contributed by atoms with van der Waals surface area (Å²) in [6.45, 7) is 7.78. The predicted molar refractivity (Wildman–Crippen MR) is 74.6 cm³/mol. The van der Waals surface area contributed by atoms with E-state index in [0.717, 1.165) is 42.5 Å². The second-order valence-electron chi connectivity index (χ2n) is 5.87. The summed E-state index contributed by atoms with van der Waals surface area (Å²) in [4.78, 5) is 4.56. The second-order valence-corrected chi connectivity index (χ2v) is 5.87. The number of aromatic nitrogens is 2. The van der Waals surface area contributed by atoms with Crippen molar-refractivity contribution in [3.05, 3.63) is 24.5 Å². The van der Waals surface area contributed by atoms with E-state index >= 15 is 0 Å². The Balaban J connectivity index is 1.62. The molecule has 2 saturated carbocycles. The fraction of sp³-hybridized carbons (Fsp3) is 0.667. The topological polar surface area (TPSA) is 29.9 Å². The lowest BCUT2D eigenvalue weighted by atomic mass is 9.98. The minimum Gasteiger partial charge on any atom is -0.355 e. The molecule has 1 heterocycles. The van der Waals surface area contributed by atoms with Gasteiger partial charge in [-0.15, -0.1) is 6.58 Å². The van der Waals surface area contributed by atoms with Gasteiger partial charge in [-0.05, 0) is 50.4 Å². The SMILES string of the molecule is C=CCn1cc(C)nc1NCC(C1CC1)C1CC1. The molecule has 0 amide bonds. The highest BCUT2D eigenvalue weighted by Crippen LogP contribution is 2.49. The Morgan fingerprint density at radius 2 is 2.11 bits per heavy atom. The van der Waals surface area contributed by atoms with Crippen LogP contribution in [0, 0.1) is 24.7 Å². The van der Waals surface area contributed by atoms with E-state index in [0.29, 0.717) is 0 Å². The first-order chi connectivity index (χ1) is 8.78. The molecule has 1 aromatic heterocycles. The summed E-state index contributed by atoms with van der Waals surface area (Å²) < 4.78 is 2.15. The molecule has 98 valence electrons. The van der Waals surface area contributed by atoms with Crippen LogP contribution in [0.15, 0.2) is 18.9 Å². The van der Waals surface area contributed by atoms with Gasteiger partial charge in [-0.1, -0.05) is 6.08 Å². The molecule has 1 aromatic rings. The molecular formula is C15H23N3. The van der Waals surface area contributed by atoms with Gasteiger partial charge in [0.2, 0.25) is 5.95 Å². The van der Waals surface area contributed by atoms with Gasteiger partial charge in [-0.25, -0.2) is 4.98 Å². The average Bonchev–Trinajstić information content (AvgIpc) is 3.22. The Bertz CT molecular complexity index is 415. The number of aryl methyl sites for hydroxylation is 1. The molecule has 2 aliphatic carbocycles. The molecule has 0 saturated heterocycles. The molecule has 0 aliphatic heterocycles. The summed E-state index contributed by atoms with van der Waals surface area (Å²) in [5.74, 6) is 3.89. The van der Waals surface area contributed by atoms with E-state index in [9.17, 15) is 0 Å². The van der Waals surface area contributed by atoms with Gasteiger partial charge >= 0.3 is 0 Å². The van der Waals surface area contributed by atoms with Gasteiger partial charge in [0.25, 0.3) is 0 Å². The van der Waals surface area contributed by atoms with E-state index in [1.165, 1.54) is 25.7 Å². The van der Waals surface area contributed by atoms with Gasteiger partial charge in [0.05, 0.1) is 5.69 Å². The first kappa shape index (κ1) is 11.8. The Kier molecular flexibility index (Phi) is 3.14. The van der Waals surface area contributed by atoms with E-state index in [1.54, 1.807) is 0 Å². The zero-order valence-corrected chi connectivity index (χ0v) is 11.2. The Labute approximate surface area is 109 Å². The van der Waals surface area contributed by atoms with Crippen molar-refractivity contribution in [3.8, 4) is 0 Å². The van der Waals surface area contributed by atoms with Gasteiger partial charge in [0.15, 0.2) is 0 Å². The second kappa shape index (κ2) is 4.79. The summed E-state index contributed by atoms with van der Waals surface area (Å²) >= 11 is 0. The average molecular weight is 245 g/mol. The lowest BCUT2D eigenvalue weighted by Crippen LogP contribution is -2.20. The van der Waals surface area contributed by atoms with Gasteiger partial charge < -0.3 is 9.88 Å². The number of nitrogens with one attached hydrogen (secondary N) is 1. The van der Waals surface area contributed by atoms with Crippen LogP contribution >= 0.6 is 0 Å². The zero-order chi connectivity index (χ0) is 12.5. The highest BCUT2D eigenvalue weighted by molar-refractivity contribution is 5.29. The number of hydrogen-bond acceptors (Lipinski definition) is 2. The highest BCUT2D eigenvalue weighted by atomic mass is 15.2. The molecule has 0 atom stereocenters.